The average molecular weight is 289 g/mol. The molecule has 3 nitrogen and oxygen atoms in total. The molecule has 0 radical (unpaired) electrons. The van der Waals surface area contributed by atoms with Gasteiger partial charge < -0.3 is 9.84 Å². The van der Waals surface area contributed by atoms with E-state index in [2.05, 4.69) is 11.9 Å². The predicted molar refractivity (Wildman–Crippen MR) is 81.5 cm³/mol. The lowest BCUT2D eigenvalue weighted by atomic mass is 10.1. The number of benzene rings is 1. The Hall–Kier alpha value is -1.52. The van der Waals surface area contributed by atoms with Crippen molar-refractivity contribution >= 4 is 11.8 Å². The fraction of sp³-hybridized carbons (Fsp3) is 0.312. The van der Waals surface area contributed by atoms with Crippen LogP contribution in [0.2, 0.25) is 0 Å². The van der Waals surface area contributed by atoms with E-state index < -0.39 is 6.10 Å². The monoisotopic (exact) mass is 289 g/mol. The van der Waals surface area contributed by atoms with Gasteiger partial charge in [0.1, 0.15) is 10.8 Å². The fourth-order valence-corrected chi connectivity index (χ4v) is 3.36. The Bertz CT molecular complexity index is 591. The third-order valence-electron chi connectivity index (χ3n) is 2.95. The van der Waals surface area contributed by atoms with E-state index in [1.165, 1.54) is 5.56 Å². The number of methoxy groups -OCH3 is 1. The molecule has 0 bridgehead atoms. The number of rotatable bonds is 4. The first-order valence-electron chi connectivity index (χ1n) is 6.49. The maximum Gasteiger partial charge on any atom is 0.125 e. The number of aliphatic hydroxyl groups is 1. The van der Waals surface area contributed by atoms with Crippen LogP contribution in [0.15, 0.2) is 40.3 Å². The van der Waals surface area contributed by atoms with Gasteiger partial charge >= 0.3 is 0 Å². The number of pyridine rings is 1. The predicted octanol–water partition coefficient (Wildman–Crippen LogP) is 3.91. The molecule has 1 aromatic heterocycles. The van der Waals surface area contributed by atoms with E-state index in [4.69, 9.17) is 4.74 Å². The van der Waals surface area contributed by atoms with Crippen molar-refractivity contribution in [3.63, 3.8) is 0 Å². The first kappa shape index (κ1) is 14.9. The van der Waals surface area contributed by atoms with Crippen molar-refractivity contribution in [3.8, 4) is 5.75 Å². The second-order valence-electron chi connectivity index (χ2n) is 4.77. The van der Waals surface area contributed by atoms with Gasteiger partial charge in [0.25, 0.3) is 0 Å². The standard InChI is InChI=1S/C16H19NO2S/c1-10-8-11(2)17-15(9-10)20-14-7-5-6-13(19-4)16(14)12(3)18/h5-9,12,18H,1-4H3/t12-/m0/s1. The molecule has 2 aromatic rings. The molecule has 1 atom stereocenters. The maximum absolute atomic E-state index is 9.99. The van der Waals surface area contributed by atoms with Crippen LogP contribution >= 0.6 is 11.8 Å². The Balaban J connectivity index is 2.42. The highest BCUT2D eigenvalue weighted by molar-refractivity contribution is 7.99. The van der Waals surface area contributed by atoms with Crippen molar-refractivity contribution in [3.05, 3.63) is 47.2 Å². The summed E-state index contributed by atoms with van der Waals surface area (Å²) in [6.07, 6.45) is -0.584. The summed E-state index contributed by atoms with van der Waals surface area (Å²) in [7, 11) is 1.62. The molecule has 0 saturated heterocycles. The van der Waals surface area contributed by atoms with E-state index in [0.29, 0.717) is 5.75 Å². The Kier molecular flexibility index (Phi) is 4.68. The van der Waals surface area contributed by atoms with Gasteiger partial charge in [-0.2, -0.15) is 0 Å². The highest BCUT2D eigenvalue weighted by Crippen LogP contribution is 2.37. The van der Waals surface area contributed by atoms with E-state index in [1.54, 1.807) is 25.8 Å². The molecule has 0 aliphatic rings. The summed E-state index contributed by atoms with van der Waals surface area (Å²) in [6.45, 7) is 5.79. The molecule has 106 valence electrons. The molecule has 1 heterocycles. The number of aryl methyl sites for hydroxylation is 2. The summed E-state index contributed by atoms with van der Waals surface area (Å²) in [5, 5.41) is 10.9. The molecule has 0 saturated carbocycles. The van der Waals surface area contributed by atoms with Crippen molar-refractivity contribution in [2.24, 2.45) is 0 Å². The minimum absolute atomic E-state index is 0.584. The number of hydrogen-bond acceptors (Lipinski definition) is 4. The highest BCUT2D eigenvalue weighted by Gasteiger charge is 2.15. The topological polar surface area (TPSA) is 42.4 Å². The third kappa shape index (κ3) is 3.32. The van der Waals surface area contributed by atoms with Gasteiger partial charge in [0.15, 0.2) is 0 Å². The number of aromatic nitrogens is 1. The van der Waals surface area contributed by atoms with Crippen molar-refractivity contribution in [2.45, 2.75) is 36.8 Å². The molecule has 0 aliphatic carbocycles. The van der Waals surface area contributed by atoms with Crippen molar-refractivity contribution in [1.82, 2.24) is 4.98 Å². The van der Waals surface area contributed by atoms with Gasteiger partial charge in [0.05, 0.1) is 13.2 Å². The molecule has 0 unspecified atom stereocenters. The molecular weight excluding hydrogens is 270 g/mol. The van der Waals surface area contributed by atoms with Crippen molar-refractivity contribution in [1.29, 1.82) is 0 Å². The minimum atomic E-state index is -0.584. The van der Waals surface area contributed by atoms with Crippen molar-refractivity contribution < 1.29 is 9.84 Å². The summed E-state index contributed by atoms with van der Waals surface area (Å²) in [5.74, 6) is 0.703. The van der Waals surface area contributed by atoms with Crippen LogP contribution in [0.5, 0.6) is 5.75 Å². The van der Waals surface area contributed by atoms with Crippen LogP contribution in [0.1, 0.15) is 29.8 Å². The number of aliphatic hydroxyl groups excluding tert-OH is 1. The SMILES string of the molecule is COc1cccc(Sc2cc(C)cc(C)n2)c1[C@H](C)O. The normalized spacial score (nSPS) is 12.2. The van der Waals surface area contributed by atoms with E-state index in [-0.39, 0.29) is 0 Å². The molecule has 1 N–H and O–H groups in total. The van der Waals surface area contributed by atoms with Crippen LogP contribution in [-0.4, -0.2) is 17.2 Å². The molecule has 0 fully saturated rings. The van der Waals surface area contributed by atoms with E-state index >= 15 is 0 Å². The van der Waals surface area contributed by atoms with Crippen LogP contribution in [0.3, 0.4) is 0 Å². The van der Waals surface area contributed by atoms with E-state index in [0.717, 1.165) is 21.2 Å². The molecule has 2 rings (SSSR count). The fourth-order valence-electron chi connectivity index (χ4n) is 2.17. The lowest BCUT2D eigenvalue weighted by Crippen LogP contribution is -1.99. The number of nitrogens with zero attached hydrogens (tertiary/aromatic N) is 1. The van der Waals surface area contributed by atoms with E-state index in [1.807, 2.05) is 37.3 Å². The van der Waals surface area contributed by atoms with Gasteiger partial charge in [0, 0.05) is 16.2 Å². The minimum Gasteiger partial charge on any atom is -0.496 e. The van der Waals surface area contributed by atoms with Crippen LogP contribution < -0.4 is 4.74 Å². The van der Waals surface area contributed by atoms with Gasteiger partial charge in [-0.15, -0.1) is 0 Å². The maximum atomic E-state index is 9.99. The van der Waals surface area contributed by atoms with Gasteiger partial charge in [-0.05, 0) is 50.6 Å². The van der Waals surface area contributed by atoms with Crippen molar-refractivity contribution in [2.75, 3.05) is 7.11 Å². The summed E-state index contributed by atoms with van der Waals surface area (Å²) in [5.41, 5.74) is 2.98. The zero-order valence-electron chi connectivity index (χ0n) is 12.2. The van der Waals surface area contributed by atoms with E-state index in [9.17, 15) is 5.11 Å². The van der Waals surface area contributed by atoms with Gasteiger partial charge in [-0.3, -0.25) is 0 Å². The van der Waals surface area contributed by atoms with Gasteiger partial charge in [-0.1, -0.05) is 17.8 Å². The van der Waals surface area contributed by atoms with Crippen LogP contribution in [0.4, 0.5) is 0 Å². The third-order valence-corrected chi connectivity index (χ3v) is 3.95. The summed E-state index contributed by atoms with van der Waals surface area (Å²) in [6, 6.07) is 9.86. The quantitative estimate of drug-likeness (QED) is 0.926. The molecule has 20 heavy (non-hydrogen) atoms. The molecule has 0 aliphatic heterocycles. The Morgan fingerprint density at radius 2 is 2.00 bits per heavy atom. The molecule has 1 aromatic carbocycles. The van der Waals surface area contributed by atoms with Crippen LogP contribution in [0, 0.1) is 13.8 Å². The molecular formula is C16H19NO2S. The Morgan fingerprint density at radius 3 is 2.60 bits per heavy atom. The van der Waals surface area contributed by atoms with Gasteiger partial charge in [0.2, 0.25) is 0 Å². The summed E-state index contributed by atoms with van der Waals surface area (Å²) >= 11 is 1.55. The smallest absolute Gasteiger partial charge is 0.125 e. The van der Waals surface area contributed by atoms with Crippen LogP contribution in [-0.2, 0) is 0 Å². The largest absolute Gasteiger partial charge is 0.496 e. The summed E-state index contributed by atoms with van der Waals surface area (Å²) in [4.78, 5) is 5.50. The first-order chi connectivity index (χ1) is 9.51. The second kappa shape index (κ2) is 6.29. The Labute approximate surface area is 124 Å². The van der Waals surface area contributed by atoms with Gasteiger partial charge in [-0.25, -0.2) is 4.98 Å². The molecule has 0 spiro atoms. The summed E-state index contributed by atoms with van der Waals surface area (Å²) < 4.78 is 5.34. The second-order valence-corrected chi connectivity index (χ2v) is 5.84. The Morgan fingerprint density at radius 1 is 1.25 bits per heavy atom. The zero-order chi connectivity index (χ0) is 14.7. The highest BCUT2D eigenvalue weighted by atomic mass is 32.2. The average Bonchev–Trinajstić information content (AvgIpc) is 2.36. The lowest BCUT2D eigenvalue weighted by molar-refractivity contribution is 0.191. The zero-order valence-corrected chi connectivity index (χ0v) is 13.0. The number of hydrogen-bond donors (Lipinski definition) is 1. The molecule has 4 heteroatoms. The van der Waals surface area contributed by atoms with Crippen LogP contribution in [0.25, 0.3) is 0 Å². The molecule has 0 amide bonds. The first-order valence-corrected chi connectivity index (χ1v) is 7.31. The number of ether oxygens (including phenoxy) is 1. The lowest BCUT2D eigenvalue weighted by Gasteiger charge is -2.15.